The Hall–Kier alpha value is -3.35. The van der Waals surface area contributed by atoms with E-state index >= 15 is 0 Å². The zero-order chi connectivity index (χ0) is 21.2. The molecule has 2 N–H and O–H groups in total. The summed E-state index contributed by atoms with van der Waals surface area (Å²) in [5.41, 5.74) is 1.90. The number of aryl methyl sites for hydroxylation is 2. The smallest absolute Gasteiger partial charge is 0.325 e. The number of hydrogen-bond acceptors (Lipinski definition) is 4. The van der Waals surface area contributed by atoms with Crippen LogP contribution < -0.4 is 15.4 Å². The number of carbonyl (C=O) groups is 3. The molecule has 1 aliphatic heterocycles. The van der Waals surface area contributed by atoms with Crippen molar-refractivity contribution in [3.05, 3.63) is 59.2 Å². The number of nitrogens with one attached hydrogen (secondary N) is 2. The van der Waals surface area contributed by atoms with Gasteiger partial charge in [-0.1, -0.05) is 31.2 Å². The molecular formula is C22H25N3O4. The summed E-state index contributed by atoms with van der Waals surface area (Å²) in [6.07, 6.45) is 0.758. The zero-order valence-electron chi connectivity index (χ0n) is 17.0. The Balaban J connectivity index is 1.78. The average Bonchev–Trinajstić information content (AvgIpc) is 2.92. The minimum Gasteiger partial charge on any atom is -0.496 e. The van der Waals surface area contributed by atoms with Gasteiger partial charge in [-0.25, -0.2) is 4.79 Å². The van der Waals surface area contributed by atoms with E-state index in [1.54, 1.807) is 38.3 Å². The number of imide groups is 1. The van der Waals surface area contributed by atoms with Gasteiger partial charge in [-0.2, -0.15) is 0 Å². The van der Waals surface area contributed by atoms with Gasteiger partial charge in [0.05, 0.1) is 7.11 Å². The van der Waals surface area contributed by atoms with Gasteiger partial charge < -0.3 is 15.4 Å². The molecule has 29 heavy (non-hydrogen) atoms. The summed E-state index contributed by atoms with van der Waals surface area (Å²) in [6, 6.07) is 12.2. The summed E-state index contributed by atoms with van der Waals surface area (Å²) in [6.45, 7) is 5.14. The Kier molecular flexibility index (Phi) is 5.59. The molecule has 0 radical (unpaired) electrons. The topological polar surface area (TPSA) is 87.7 Å². The van der Waals surface area contributed by atoms with E-state index in [2.05, 4.69) is 10.6 Å². The fraction of sp³-hybridized carbons (Fsp3) is 0.318. The van der Waals surface area contributed by atoms with Crippen molar-refractivity contribution in [2.45, 2.75) is 32.7 Å². The van der Waals surface area contributed by atoms with Gasteiger partial charge in [-0.15, -0.1) is 0 Å². The third-order valence-electron chi connectivity index (χ3n) is 5.22. The number of ether oxygens (including phenoxy) is 1. The maximum atomic E-state index is 13.0. The van der Waals surface area contributed by atoms with Crippen molar-refractivity contribution < 1.29 is 19.1 Å². The number of amides is 4. The van der Waals surface area contributed by atoms with E-state index < -0.39 is 23.4 Å². The van der Waals surface area contributed by atoms with Crippen LogP contribution in [-0.2, 0) is 21.5 Å². The predicted molar refractivity (Wildman–Crippen MR) is 110 cm³/mol. The molecule has 4 amide bonds. The lowest BCUT2D eigenvalue weighted by Gasteiger charge is -2.23. The van der Waals surface area contributed by atoms with E-state index in [0.29, 0.717) is 17.0 Å². The first-order valence-electron chi connectivity index (χ1n) is 9.47. The highest BCUT2D eigenvalue weighted by Gasteiger charge is 2.49. The van der Waals surface area contributed by atoms with Crippen LogP contribution in [0.1, 0.15) is 30.5 Å². The van der Waals surface area contributed by atoms with Crippen LogP contribution in [-0.4, -0.2) is 36.4 Å². The normalized spacial score (nSPS) is 18.6. The Bertz CT molecular complexity index is 972. The van der Waals surface area contributed by atoms with Gasteiger partial charge in [0.1, 0.15) is 17.8 Å². The second-order valence-electron chi connectivity index (χ2n) is 7.19. The van der Waals surface area contributed by atoms with Crippen molar-refractivity contribution in [1.82, 2.24) is 10.2 Å². The van der Waals surface area contributed by atoms with Gasteiger partial charge in [0, 0.05) is 5.69 Å². The van der Waals surface area contributed by atoms with Crippen molar-refractivity contribution in [2.75, 3.05) is 19.0 Å². The van der Waals surface area contributed by atoms with E-state index in [-0.39, 0.29) is 6.54 Å². The number of rotatable bonds is 6. The monoisotopic (exact) mass is 395 g/mol. The molecule has 7 nitrogen and oxygen atoms in total. The van der Waals surface area contributed by atoms with Crippen LogP contribution in [0.3, 0.4) is 0 Å². The lowest BCUT2D eigenvalue weighted by Crippen LogP contribution is -2.42. The lowest BCUT2D eigenvalue weighted by molar-refractivity contribution is -0.133. The first-order chi connectivity index (χ1) is 13.8. The molecule has 0 aromatic heterocycles. The van der Waals surface area contributed by atoms with Gasteiger partial charge in [0.2, 0.25) is 5.91 Å². The van der Waals surface area contributed by atoms with Gasteiger partial charge in [-0.05, 0) is 55.2 Å². The second-order valence-corrected chi connectivity index (χ2v) is 7.19. The van der Waals surface area contributed by atoms with Crippen molar-refractivity contribution >= 4 is 23.5 Å². The molecule has 1 unspecified atom stereocenters. The lowest BCUT2D eigenvalue weighted by atomic mass is 9.90. The second kappa shape index (κ2) is 7.95. The molecule has 0 spiro atoms. The standard InChI is InChI=1S/C22H25N3O4/c1-5-15-8-6-7-9-17(15)23-19(26)13-25-20(27)22(3,24-21(25)28)16-10-11-18(29-4)14(2)12-16/h6-12H,5,13H2,1-4H3,(H,23,26)(H,24,28). The van der Waals surface area contributed by atoms with Crippen LogP contribution in [0.25, 0.3) is 0 Å². The fourth-order valence-corrected chi connectivity index (χ4v) is 3.51. The van der Waals surface area contributed by atoms with Crippen LogP contribution >= 0.6 is 0 Å². The Morgan fingerprint density at radius 3 is 2.59 bits per heavy atom. The Morgan fingerprint density at radius 2 is 1.93 bits per heavy atom. The largest absolute Gasteiger partial charge is 0.496 e. The zero-order valence-corrected chi connectivity index (χ0v) is 17.0. The summed E-state index contributed by atoms with van der Waals surface area (Å²) in [5.74, 6) is -0.199. The quantitative estimate of drug-likeness (QED) is 0.736. The number of urea groups is 1. The van der Waals surface area contributed by atoms with Crippen LogP contribution in [0, 0.1) is 6.92 Å². The molecule has 7 heteroatoms. The van der Waals surface area contributed by atoms with Crippen LogP contribution in [0.5, 0.6) is 5.75 Å². The molecule has 1 fully saturated rings. The molecule has 0 aliphatic carbocycles. The van der Waals surface area contributed by atoms with Crippen LogP contribution in [0.2, 0.25) is 0 Å². The molecule has 1 aliphatic rings. The Morgan fingerprint density at radius 1 is 1.21 bits per heavy atom. The van der Waals surface area contributed by atoms with Gasteiger partial charge in [0.25, 0.3) is 5.91 Å². The highest BCUT2D eigenvalue weighted by Crippen LogP contribution is 2.31. The molecule has 1 heterocycles. The molecule has 1 saturated heterocycles. The van der Waals surface area contributed by atoms with Crippen molar-refractivity contribution in [1.29, 1.82) is 0 Å². The van der Waals surface area contributed by atoms with E-state index in [9.17, 15) is 14.4 Å². The third-order valence-corrected chi connectivity index (χ3v) is 5.22. The Labute approximate surface area is 170 Å². The van der Waals surface area contributed by atoms with E-state index in [0.717, 1.165) is 22.4 Å². The molecule has 152 valence electrons. The molecule has 1 atom stereocenters. The van der Waals surface area contributed by atoms with Crippen molar-refractivity contribution in [2.24, 2.45) is 0 Å². The summed E-state index contributed by atoms with van der Waals surface area (Å²) in [7, 11) is 1.57. The fourth-order valence-electron chi connectivity index (χ4n) is 3.51. The van der Waals surface area contributed by atoms with E-state index in [1.165, 1.54) is 0 Å². The number of anilines is 1. The number of hydrogen-bond donors (Lipinski definition) is 2. The highest BCUT2D eigenvalue weighted by atomic mass is 16.5. The number of benzene rings is 2. The van der Waals surface area contributed by atoms with Gasteiger partial charge >= 0.3 is 6.03 Å². The maximum Gasteiger partial charge on any atom is 0.325 e. The van der Waals surface area contributed by atoms with Crippen molar-refractivity contribution in [3.8, 4) is 5.75 Å². The van der Waals surface area contributed by atoms with Crippen molar-refractivity contribution in [3.63, 3.8) is 0 Å². The predicted octanol–water partition coefficient (Wildman–Crippen LogP) is 2.97. The van der Waals surface area contributed by atoms with Gasteiger partial charge in [0.15, 0.2) is 0 Å². The minimum atomic E-state index is -1.24. The molecule has 2 aromatic rings. The van der Waals surface area contributed by atoms with E-state index in [4.69, 9.17) is 4.74 Å². The number of carbonyl (C=O) groups excluding carboxylic acids is 3. The first-order valence-corrected chi connectivity index (χ1v) is 9.47. The first kappa shape index (κ1) is 20.4. The maximum absolute atomic E-state index is 13.0. The minimum absolute atomic E-state index is 0.354. The summed E-state index contributed by atoms with van der Waals surface area (Å²) in [5, 5.41) is 5.51. The molecular weight excluding hydrogens is 370 g/mol. The number of para-hydroxylation sites is 1. The highest BCUT2D eigenvalue weighted by molar-refractivity contribution is 6.10. The molecule has 0 bridgehead atoms. The summed E-state index contributed by atoms with van der Waals surface area (Å²) in [4.78, 5) is 39.0. The summed E-state index contributed by atoms with van der Waals surface area (Å²) < 4.78 is 5.26. The molecule has 0 saturated carbocycles. The average molecular weight is 395 g/mol. The molecule has 2 aromatic carbocycles. The number of methoxy groups -OCH3 is 1. The van der Waals surface area contributed by atoms with Gasteiger partial charge in [-0.3, -0.25) is 14.5 Å². The molecule has 3 rings (SSSR count). The summed E-state index contributed by atoms with van der Waals surface area (Å²) >= 11 is 0. The van der Waals surface area contributed by atoms with Crippen LogP contribution in [0.4, 0.5) is 10.5 Å². The van der Waals surface area contributed by atoms with Crippen LogP contribution in [0.15, 0.2) is 42.5 Å². The van der Waals surface area contributed by atoms with E-state index in [1.807, 2.05) is 32.0 Å². The SMILES string of the molecule is CCc1ccccc1NC(=O)CN1C(=O)NC(C)(c2ccc(OC)c(C)c2)C1=O. The number of nitrogens with zero attached hydrogens (tertiary/aromatic N) is 1. The third kappa shape index (κ3) is 3.81.